The summed E-state index contributed by atoms with van der Waals surface area (Å²) in [4.78, 5) is 10.7. The summed E-state index contributed by atoms with van der Waals surface area (Å²) in [5.41, 5.74) is 1.62. The van der Waals surface area contributed by atoms with Crippen molar-refractivity contribution in [3.63, 3.8) is 0 Å². The van der Waals surface area contributed by atoms with E-state index in [9.17, 15) is 4.79 Å². The number of carbonyl (C=O) groups is 1. The zero-order valence-corrected chi connectivity index (χ0v) is 9.45. The third-order valence-corrected chi connectivity index (χ3v) is 2.77. The van der Waals surface area contributed by atoms with Crippen LogP contribution in [0, 0.1) is 0 Å². The molecular formula is C12H12ClNO. The van der Waals surface area contributed by atoms with Crippen LogP contribution in [0.2, 0.25) is 5.02 Å². The zero-order chi connectivity index (χ0) is 11.0. The highest BCUT2D eigenvalue weighted by Gasteiger charge is 2.09. The van der Waals surface area contributed by atoms with Crippen molar-refractivity contribution in [3.8, 4) is 0 Å². The third kappa shape index (κ3) is 1.65. The maximum atomic E-state index is 10.7. The number of nitrogens with zero attached hydrogens (tertiary/aromatic N) is 1. The quantitative estimate of drug-likeness (QED) is 0.709. The molecule has 1 aromatic heterocycles. The lowest BCUT2D eigenvalue weighted by atomic mass is 10.2. The number of rotatable bonds is 2. The fourth-order valence-electron chi connectivity index (χ4n) is 1.78. The average Bonchev–Trinajstić information content (AvgIpc) is 2.61. The molecule has 0 aliphatic carbocycles. The van der Waals surface area contributed by atoms with Gasteiger partial charge in [-0.25, -0.2) is 0 Å². The van der Waals surface area contributed by atoms with E-state index in [1.165, 1.54) is 0 Å². The fourth-order valence-corrected chi connectivity index (χ4v) is 2.11. The van der Waals surface area contributed by atoms with Gasteiger partial charge in [-0.15, -0.1) is 0 Å². The highest BCUT2D eigenvalue weighted by atomic mass is 35.5. The van der Waals surface area contributed by atoms with Crippen LogP contribution in [0.4, 0.5) is 0 Å². The fraction of sp³-hybridized carbons (Fsp3) is 0.250. The second-order valence-electron chi connectivity index (χ2n) is 3.88. The molecule has 1 aromatic carbocycles. The van der Waals surface area contributed by atoms with Crippen LogP contribution in [-0.2, 0) is 0 Å². The summed E-state index contributed by atoms with van der Waals surface area (Å²) in [6.07, 6.45) is 2.81. The highest BCUT2D eigenvalue weighted by molar-refractivity contribution is 6.35. The number of aldehydes is 1. The first-order valence-corrected chi connectivity index (χ1v) is 5.26. The summed E-state index contributed by atoms with van der Waals surface area (Å²) in [6, 6.07) is 5.90. The molecule has 0 amide bonds. The summed E-state index contributed by atoms with van der Waals surface area (Å²) >= 11 is 6.15. The number of benzene rings is 1. The summed E-state index contributed by atoms with van der Waals surface area (Å²) in [5, 5.41) is 1.65. The van der Waals surface area contributed by atoms with Crippen molar-refractivity contribution in [2.75, 3.05) is 0 Å². The zero-order valence-electron chi connectivity index (χ0n) is 8.70. The monoisotopic (exact) mass is 221 g/mol. The van der Waals surface area contributed by atoms with Gasteiger partial charge >= 0.3 is 0 Å². The molecule has 2 aromatic rings. The minimum absolute atomic E-state index is 0.363. The van der Waals surface area contributed by atoms with E-state index in [1.807, 2.05) is 18.3 Å². The molecule has 2 nitrogen and oxygen atoms in total. The Bertz CT molecular complexity index is 514. The van der Waals surface area contributed by atoms with E-state index in [-0.39, 0.29) is 0 Å². The predicted molar refractivity (Wildman–Crippen MR) is 62.7 cm³/mol. The van der Waals surface area contributed by atoms with Crippen LogP contribution >= 0.6 is 11.6 Å². The third-order valence-electron chi connectivity index (χ3n) is 2.48. The van der Waals surface area contributed by atoms with Gasteiger partial charge in [0, 0.05) is 23.2 Å². The molecule has 0 saturated carbocycles. The van der Waals surface area contributed by atoms with E-state index in [0.717, 1.165) is 17.2 Å². The number of aromatic nitrogens is 1. The molecule has 15 heavy (non-hydrogen) atoms. The smallest absolute Gasteiger partial charge is 0.150 e. The summed E-state index contributed by atoms with van der Waals surface area (Å²) in [5.74, 6) is 0. The molecule has 0 aliphatic rings. The summed E-state index contributed by atoms with van der Waals surface area (Å²) in [7, 11) is 0. The van der Waals surface area contributed by atoms with Crippen LogP contribution in [0.5, 0.6) is 0 Å². The van der Waals surface area contributed by atoms with Crippen LogP contribution < -0.4 is 0 Å². The molecule has 2 rings (SSSR count). The van der Waals surface area contributed by atoms with E-state index in [2.05, 4.69) is 18.4 Å². The van der Waals surface area contributed by atoms with Gasteiger partial charge < -0.3 is 4.57 Å². The molecular weight excluding hydrogens is 210 g/mol. The van der Waals surface area contributed by atoms with Crippen molar-refractivity contribution in [1.29, 1.82) is 0 Å². The normalized spacial score (nSPS) is 11.2. The second-order valence-corrected chi connectivity index (χ2v) is 4.28. The SMILES string of the molecule is CC(C)n1ccc2cc(C=O)cc(Cl)c21. The Hall–Kier alpha value is -1.28. The van der Waals surface area contributed by atoms with E-state index in [4.69, 9.17) is 11.6 Å². The van der Waals surface area contributed by atoms with Crippen molar-refractivity contribution in [3.05, 3.63) is 35.0 Å². The lowest BCUT2D eigenvalue weighted by Crippen LogP contribution is -1.98. The minimum atomic E-state index is 0.363. The van der Waals surface area contributed by atoms with Gasteiger partial charge in [-0.3, -0.25) is 4.79 Å². The molecule has 0 spiro atoms. The number of halogens is 1. The maximum Gasteiger partial charge on any atom is 0.150 e. The van der Waals surface area contributed by atoms with E-state index in [1.54, 1.807) is 6.07 Å². The van der Waals surface area contributed by atoms with Gasteiger partial charge in [-0.2, -0.15) is 0 Å². The number of hydrogen-bond acceptors (Lipinski definition) is 1. The average molecular weight is 222 g/mol. The molecule has 0 atom stereocenters. The first-order valence-electron chi connectivity index (χ1n) is 4.88. The van der Waals surface area contributed by atoms with Crippen molar-refractivity contribution in [2.45, 2.75) is 19.9 Å². The molecule has 0 aliphatic heterocycles. The van der Waals surface area contributed by atoms with E-state index >= 15 is 0 Å². The van der Waals surface area contributed by atoms with Gasteiger partial charge in [0.2, 0.25) is 0 Å². The van der Waals surface area contributed by atoms with Crippen molar-refractivity contribution in [2.24, 2.45) is 0 Å². The molecule has 3 heteroatoms. The Morgan fingerprint density at radius 1 is 1.40 bits per heavy atom. The Morgan fingerprint density at radius 3 is 2.73 bits per heavy atom. The molecule has 78 valence electrons. The first kappa shape index (κ1) is 10.2. The first-order chi connectivity index (χ1) is 7.13. The molecule has 1 heterocycles. The van der Waals surface area contributed by atoms with Crippen LogP contribution in [0.1, 0.15) is 30.2 Å². The van der Waals surface area contributed by atoms with Crippen molar-refractivity contribution in [1.82, 2.24) is 4.57 Å². The van der Waals surface area contributed by atoms with Crippen LogP contribution in [0.15, 0.2) is 24.4 Å². The van der Waals surface area contributed by atoms with Gasteiger partial charge in [0.05, 0.1) is 10.5 Å². The van der Waals surface area contributed by atoms with Crippen LogP contribution in [-0.4, -0.2) is 10.9 Å². The summed E-state index contributed by atoms with van der Waals surface area (Å²) < 4.78 is 2.10. The molecule has 0 bridgehead atoms. The molecule has 0 fully saturated rings. The summed E-state index contributed by atoms with van der Waals surface area (Å²) in [6.45, 7) is 4.20. The lowest BCUT2D eigenvalue weighted by molar-refractivity contribution is 0.112. The standard InChI is InChI=1S/C12H12ClNO/c1-8(2)14-4-3-10-5-9(7-15)6-11(13)12(10)14/h3-8H,1-2H3. The number of hydrogen-bond donors (Lipinski definition) is 0. The van der Waals surface area contributed by atoms with Crippen LogP contribution in [0.25, 0.3) is 10.9 Å². The largest absolute Gasteiger partial charge is 0.344 e. The number of fused-ring (bicyclic) bond motifs is 1. The molecule has 0 unspecified atom stereocenters. The van der Waals surface area contributed by atoms with Crippen molar-refractivity contribution >= 4 is 28.8 Å². The van der Waals surface area contributed by atoms with Gasteiger partial charge in [0.15, 0.2) is 0 Å². The van der Waals surface area contributed by atoms with Gasteiger partial charge in [-0.1, -0.05) is 11.6 Å². The predicted octanol–water partition coefficient (Wildman–Crippen LogP) is 3.69. The van der Waals surface area contributed by atoms with Crippen LogP contribution in [0.3, 0.4) is 0 Å². The molecule has 0 N–H and O–H groups in total. The Kier molecular flexibility index (Phi) is 2.53. The second kappa shape index (κ2) is 3.70. The van der Waals surface area contributed by atoms with E-state index in [0.29, 0.717) is 16.6 Å². The van der Waals surface area contributed by atoms with Gasteiger partial charge in [-0.05, 0) is 32.0 Å². The molecule has 0 saturated heterocycles. The van der Waals surface area contributed by atoms with Gasteiger partial charge in [0.25, 0.3) is 0 Å². The van der Waals surface area contributed by atoms with E-state index < -0.39 is 0 Å². The minimum Gasteiger partial charge on any atom is -0.344 e. The maximum absolute atomic E-state index is 10.7. The lowest BCUT2D eigenvalue weighted by Gasteiger charge is -2.10. The topological polar surface area (TPSA) is 22.0 Å². The van der Waals surface area contributed by atoms with Crippen molar-refractivity contribution < 1.29 is 4.79 Å². The van der Waals surface area contributed by atoms with Gasteiger partial charge in [0.1, 0.15) is 6.29 Å². The Labute approximate surface area is 93.5 Å². The highest BCUT2D eigenvalue weighted by Crippen LogP contribution is 2.28. The Balaban J connectivity index is 2.76. The Morgan fingerprint density at radius 2 is 2.13 bits per heavy atom. The molecule has 0 radical (unpaired) electrons. The number of carbonyl (C=O) groups excluding carboxylic acids is 1.